The molecule has 31 heavy (non-hydrogen) atoms. The van der Waals surface area contributed by atoms with Gasteiger partial charge in [-0.05, 0) is 42.7 Å². The Morgan fingerprint density at radius 3 is 1.55 bits per heavy atom. The maximum absolute atomic E-state index is 11.4. The summed E-state index contributed by atoms with van der Waals surface area (Å²) in [6.45, 7) is 24.8. The Labute approximate surface area is 193 Å². The van der Waals surface area contributed by atoms with Crippen molar-refractivity contribution in [3.05, 3.63) is 0 Å². The molecule has 2 saturated heterocycles. The fourth-order valence-electron chi connectivity index (χ4n) is 4.00. The molecule has 6 atom stereocenters. The number of ether oxygens (including phenoxy) is 2. The van der Waals surface area contributed by atoms with Crippen LogP contribution in [0.4, 0.5) is 0 Å². The third-order valence-corrected chi connectivity index (χ3v) is 17.1. The third-order valence-electron chi connectivity index (χ3n) is 8.11. The molecule has 2 aliphatic rings. The summed E-state index contributed by atoms with van der Waals surface area (Å²) in [6, 6.07) is 0. The maximum Gasteiger partial charge on any atom is 0.192 e. The fraction of sp³-hybridized carbons (Fsp3) is 0.958. The van der Waals surface area contributed by atoms with E-state index in [1.165, 1.54) is 0 Å². The molecule has 0 aromatic heterocycles. The van der Waals surface area contributed by atoms with E-state index in [0.29, 0.717) is 6.42 Å². The molecule has 0 aliphatic carbocycles. The average molecular weight is 473 g/mol. The van der Waals surface area contributed by atoms with Crippen molar-refractivity contribution in [1.29, 1.82) is 0 Å². The monoisotopic (exact) mass is 472 g/mol. The molecule has 0 aromatic rings. The van der Waals surface area contributed by atoms with E-state index in [4.69, 9.17) is 18.3 Å². The summed E-state index contributed by atoms with van der Waals surface area (Å²) in [4.78, 5) is 11.4. The highest BCUT2D eigenvalue weighted by Gasteiger charge is 2.50. The molecule has 5 nitrogen and oxygen atoms in total. The lowest BCUT2D eigenvalue weighted by molar-refractivity contribution is -0.238. The molecule has 2 rings (SSSR count). The van der Waals surface area contributed by atoms with Crippen LogP contribution in [-0.4, -0.2) is 59.5 Å². The number of carbonyl (C=O) groups is 1. The van der Waals surface area contributed by atoms with Gasteiger partial charge in [0.15, 0.2) is 16.6 Å². The molecule has 0 unspecified atom stereocenters. The minimum atomic E-state index is -1.98. The Bertz CT molecular complexity index is 608. The van der Waals surface area contributed by atoms with Gasteiger partial charge in [0.25, 0.3) is 0 Å². The predicted octanol–water partition coefficient (Wildman–Crippen LogP) is 6.08. The summed E-state index contributed by atoms with van der Waals surface area (Å²) in [5, 5.41) is 0.259. The molecule has 0 aromatic carbocycles. The van der Waals surface area contributed by atoms with Gasteiger partial charge in [-0.25, -0.2) is 0 Å². The van der Waals surface area contributed by atoms with Gasteiger partial charge in [-0.15, -0.1) is 0 Å². The number of fused-ring (bicyclic) bond motifs is 1. The maximum atomic E-state index is 11.4. The number of rotatable bonds is 7. The van der Waals surface area contributed by atoms with Gasteiger partial charge >= 0.3 is 0 Å². The van der Waals surface area contributed by atoms with Crippen LogP contribution in [0, 0.1) is 0 Å². The van der Waals surface area contributed by atoms with Crippen LogP contribution in [-0.2, 0) is 23.1 Å². The molecule has 182 valence electrons. The second kappa shape index (κ2) is 9.67. The first-order valence-electron chi connectivity index (χ1n) is 12.1. The zero-order valence-corrected chi connectivity index (χ0v) is 23.9. The van der Waals surface area contributed by atoms with E-state index in [1.54, 1.807) is 0 Å². The topological polar surface area (TPSA) is 54.0 Å². The molecule has 0 amide bonds. The van der Waals surface area contributed by atoms with Gasteiger partial charge in [-0.1, -0.05) is 48.5 Å². The first kappa shape index (κ1) is 27.2. The molecule has 7 heteroatoms. The number of hydrogen-bond donors (Lipinski definition) is 0. The van der Waals surface area contributed by atoms with Crippen molar-refractivity contribution in [3.8, 4) is 0 Å². The van der Waals surface area contributed by atoms with Crippen LogP contribution in [0.5, 0.6) is 0 Å². The normalized spacial score (nSPS) is 33.1. The average Bonchev–Trinajstić information content (AvgIpc) is 2.59. The van der Waals surface area contributed by atoms with Crippen LogP contribution in [0.25, 0.3) is 0 Å². The van der Waals surface area contributed by atoms with Crippen molar-refractivity contribution in [2.45, 2.75) is 147 Å². The Balaban J connectivity index is 2.18. The molecular weight excluding hydrogens is 424 g/mol. The summed E-state index contributed by atoms with van der Waals surface area (Å²) in [7, 11) is -3.90. The minimum absolute atomic E-state index is 0.00175. The SMILES string of the molecule is CC[C@@H]1O[C@@H]2C[C@@H](O[Si](C)(C)C(C)(C)C)[C@H](CC=O)O[C@@H]2C[C@H]1O[Si](C)(C)C(C)(C)C. The molecule has 2 aliphatic heterocycles. The quantitative estimate of drug-likeness (QED) is 0.332. The zero-order valence-electron chi connectivity index (χ0n) is 21.9. The second-order valence-electron chi connectivity index (χ2n) is 12.5. The van der Waals surface area contributed by atoms with Crippen molar-refractivity contribution in [3.63, 3.8) is 0 Å². The number of hydrogen-bond acceptors (Lipinski definition) is 5. The van der Waals surface area contributed by atoms with Gasteiger partial charge in [-0.2, -0.15) is 0 Å². The smallest absolute Gasteiger partial charge is 0.192 e. The molecule has 2 fully saturated rings. The molecule has 0 radical (unpaired) electrons. The lowest BCUT2D eigenvalue weighted by Crippen LogP contribution is -2.60. The summed E-state index contributed by atoms with van der Waals surface area (Å²) in [5.74, 6) is 0. The highest BCUT2D eigenvalue weighted by atomic mass is 28.4. The fourth-order valence-corrected chi connectivity index (χ4v) is 6.71. The number of aldehydes is 1. The first-order chi connectivity index (χ1) is 14.0. The van der Waals surface area contributed by atoms with Crippen LogP contribution in [0.1, 0.15) is 74.1 Å². The lowest BCUT2D eigenvalue weighted by atomic mass is 9.89. The van der Waals surface area contributed by atoms with E-state index in [1.807, 2.05) is 0 Å². The standard InChI is InChI=1S/C24H48O5Si2/c1-12-17-21(28-30(8,9)23(2,3)4)15-20-19(26-17)16-22(18(27-20)13-14-25)29-31(10,11)24(5,6)7/h14,17-22H,12-13,15-16H2,1-11H3/t17-,18-,19+,20+,21+,22+/m0/s1. The van der Waals surface area contributed by atoms with Crippen molar-refractivity contribution in [1.82, 2.24) is 0 Å². The van der Waals surface area contributed by atoms with Crippen molar-refractivity contribution < 1.29 is 23.1 Å². The summed E-state index contributed by atoms with van der Waals surface area (Å²) < 4.78 is 26.6. The lowest BCUT2D eigenvalue weighted by Gasteiger charge is -2.51. The Hall–Kier alpha value is -0.0562. The van der Waals surface area contributed by atoms with Crippen molar-refractivity contribution in [2.24, 2.45) is 0 Å². The van der Waals surface area contributed by atoms with Gasteiger partial charge in [0.2, 0.25) is 0 Å². The van der Waals surface area contributed by atoms with Crippen LogP contribution in [0.3, 0.4) is 0 Å². The molecule has 0 bridgehead atoms. The Morgan fingerprint density at radius 2 is 1.19 bits per heavy atom. The summed E-state index contributed by atoms with van der Waals surface area (Å²) >= 11 is 0. The zero-order chi connectivity index (χ0) is 23.8. The van der Waals surface area contributed by atoms with E-state index in [-0.39, 0.29) is 46.7 Å². The van der Waals surface area contributed by atoms with Gasteiger partial charge in [0, 0.05) is 19.3 Å². The Morgan fingerprint density at radius 1 is 0.806 bits per heavy atom. The Kier molecular flexibility index (Phi) is 8.48. The second-order valence-corrected chi connectivity index (χ2v) is 22.1. The number of carbonyl (C=O) groups excluding carboxylic acids is 1. The van der Waals surface area contributed by atoms with Crippen molar-refractivity contribution >= 4 is 22.9 Å². The molecule has 2 heterocycles. The van der Waals surface area contributed by atoms with E-state index < -0.39 is 16.6 Å². The summed E-state index contributed by atoms with van der Waals surface area (Å²) in [6.07, 6.45) is 3.67. The largest absolute Gasteiger partial charge is 0.411 e. The van der Waals surface area contributed by atoms with Gasteiger partial charge in [0.1, 0.15) is 6.29 Å². The highest BCUT2D eigenvalue weighted by molar-refractivity contribution is 6.74. The van der Waals surface area contributed by atoms with Crippen LogP contribution < -0.4 is 0 Å². The van der Waals surface area contributed by atoms with Gasteiger partial charge in [0.05, 0.1) is 36.6 Å². The van der Waals surface area contributed by atoms with Gasteiger partial charge < -0.3 is 23.1 Å². The highest BCUT2D eigenvalue weighted by Crippen LogP contribution is 2.43. The first-order valence-corrected chi connectivity index (χ1v) is 17.9. The third kappa shape index (κ3) is 6.30. The summed E-state index contributed by atoms with van der Waals surface area (Å²) in [5.41, 5.74) is 0. The molecule has 0 spiro atoms. The van der Waals surface area contributed by atoms with Crippen LogP contribution in [0.15, 0.2) is 0 Å². The molecular formula is C24H48O5Si2. The van der Waals surface area contributed by atoms with E-state index in [9.17, 15) is 4.79 Å². The predicted molar refractivity (Wildman–Crippen MR) is 132 cm³/mol. The van der Waals surface area contributed by atoms with E-state index >= 15 is 0 Å². The van der Waals surface area contributed by atoms with Crippen molar-refractivity contribution in [2.75, 3.05) is 0 Å². The van der Waals surface area contributed by atoms with Crippen LogP contribution in [0.2, 0.25) is 36.3 Å². The minimum Gasteiger partial charge on any atom is -0.411 e. The van der Waals surface area contributed by atoms with E-state index in [0.717, 1.165) is 25.5 Å². The van der Waals surface area contributed by atoms with E-state index in [2.05, 4.69) is 74.7 Å². The molecule has 0 N–H and O–H groups in total. The van der Waals surface area contributed by atoms with Crippen LogP contribution >= 0.6 is 0 Å². The van der Waals surface area contributed by atoms with Gasteiger partial charge in [-0.3, -0.25) is 0 Å². The molecule has 0 saturated carbocycles.